The molecule has 0 atom stereocenters. The van der Waals surface area contributed by atoms with Crippen molar-refractivity contribution in [1.29, 1.82) is 0 Å². The first-order valence-corrected chi connectivity index (χ1v) is 6.23. The Morgan fingerprint density at radius 3 is 2.78 bits per heavy atom. The van der Waals surface area contributed by atoms with Crippen molar-refractivity contribution in [1.82, 2.24) is 10.7 Å². The van der Waals surface area contributed by atoms with E-state index in [1.165, 1.54) is 0 Å². The molecule has 100 valence electrons. The molecule has 1 aromatic rings. The predicted molar refractivity (Wildman–Crippen MR) is 74.0 cm³/mol. The number of nitrogens with two attached hydrogens (primary N) is 1. The normalized spacial score (nSPS) is 11.3. The Bertz CT molecular complexity index is 340. The lowest BCUT2D eigenvalue weighted by Crippen LogP contribution is -2.42. The molecule has 5 heteroatoms. The van der Waals surface area contributed by atoms with E-state index in [0.717, 1.165) is 31.7 Å². The van der Waals surface area contributed by atoms with Crippen molar-refractivity contribution < 1.29 is 4.74 Å². The summed E-state index contributed by atoms with van der Waals surface area (Å²) in [5.41, 5.74) is 3.72. The van der Waals surface area contributed by atoms with Gasteiger partial charge in [0.05, 0.1) is 6.54 Å². The number of hydrazine groups is 1. The lowest BCUT2D eigenvalue weighted by atomic mass is 10.2. The summed E-state index contributed by atoms with van der Waals surface area (Å²) in [5, 5.41) is 3.13. The molecule has 0 spiro atoms. The van der Waals surface area contributed by atoms with Crippen molar-refractivity contribution in [3.63, 3.8) is 0 Å². The molecule has 0 aliphatic heterocycles. The number of guanidine groups is 1. The van der Waals surface area contributed by atoms with Gasteiger partial charge in [-0.15, -0.1) is 0 Å². The van der Waals surface area contributed by atoms with Crippen molar-refractivity contribution >= 4 is 5.96 Å². The van der Waals surface area contributed by atoms with Gasteiger partial charge in [0.15, 0.2) is 0 Å². The van der Waals surface area contributed by atoms with Crippen LogP contribution in [0.3, 0.4) is 0 Å². The number of benzene rings is 1. The Kier molecular flexibility index (Phi) is 7.59. The predicted octanol–water partition coefficient (Wildman–Crippen LogP) is 1.02. The molecule has 0 unspecified atom stereocenters. The summed E-state index contributed by atoms with van der Waals surface area (Å²) in [6.07, 6.45) is 0.930. The molecule has 0 aliphatic carbocycles. The topological polar surface area (TPSA) is 71.7 Å². The molecule has 0 bridgehead atoms. The second kappa shape index (κ2) is 9.44. The SMILES string of the molecule is CCOCCCNC(=NCc1ccccc1)NN. The monoisotopic (exact) mass is 250 g/mol. The molecule has 1 rings (SSSR count). The number of nitrogens with zero attached hydrogens (tertiary/aromatic N) is 1. The number of hydrogen-bond acceptors (Lipinski definition) is 3. The Morgan fingerprint density at radius 1 is 1.33 bits per heavy atom. The van der Waals surface area contributed by atoms with Crippen LogP contribution < -0.4 is 16.6 Å². The fourth-order valence-corrected chi connectivity index (χ4v) is 1.43. The Morgan fingerprint density at radius 2 is 2.11 bits per heavy atom. The molecule has 1 aromatic carbocycles. The lowest BCUT2D eigenvalue weighted by molar-refractivity contribution is 0.145. The minimum atomic E-state index is 0.607. The second-order valence-corrected chi connectivity index (χ2v) is 3.77. The third kappa shape index (κ3) is 6.22. The summed E-state index contributed by atoms with van der Waals surface area (Å²) < 4.78 is 5.25. The maximum absolute atomic E-state index is 5.40. The van der Waals surface area contributed by atoms with Gasteiger partial charge in [-0.25, -0.2) is 10.8 Å². The van der Waals surface area contributed by atoms with Crippen molar-refractivity contribution in [3.8, 4) is 0 Å². The van der Waals surface area contributed by atoms with Gasteiger partial charge in [-0.2, -0.15) is 0 Å². The first-order valence-electron chi connectivity index (χ1n) is 6.23. The van der Waals surface area contributed by atoms with Crippen LogP contribution >= 0.6 is 0 Å². The summed E-state index contributed by atoms with van der Waals surface area (Å²) in [7, 11) is 0. The van der Waals surface area contributed by atoms with Gasteiger partial charge in [0.25, 0.3) is 0 Å². The van der Waals surface area contributed by atoms with Crippen molar-refractivity contribution in [3.05, 3.63) is 35.9 Å². The Balaban J connectivity index is 2.27. The highest BCUT2D eigenvalue weighted by Gasteiger charge is 1.95. The van der Waals surface area contributed by atoms with Gasteiger partial charge in [0.2, 0.25) is 5.96 Å². The largest absolute Gasteiger partial charge is 0.382 e. The van der Waals surface area contributed by atoms with E-state index < -0.39 is 0 Å². The van der Waals surface area contributed by atoms with Gasteiger partial charge >= 0.3 is 0 Å². The zero-order valence-corrected chi connectivity index (χ0v) is 10.9. The minimum absolute atomic E-state index is 0.607. The minimum Gasteiger partial charge on any atom is -0.382 e. The van der Waals surface area contributed by atoms with Gasteiger partial charge in [-0.3, -0.25) is 5.43 Å². The molecule has 0 radical (unpaired) electrons. The highest BCUT2D eigenvalue weighted by Crippen LogP contribution is 1.99. The molecule has 0 aliphatic rings. The van der Waals surface area contributed by atoms with Crippen LogP contribution in [-0.4, -0.2) is 25.7 Å². The standard InChI is InChI=1S/C13H22N4O/c1-2-18-10-6-9-15-13(17-14)16-11-12-7-4-3-5-8-12/h3-5,7-8H,2,6,9-11,14H2,1H3,(H2,15,16,17). The van der Waals surface area contributed by atoms with Gasteiger partial charge in [0, 0.05) is 19.8 Å². The summed E-state index contributed by atoms with van der Waals surface area (Å²) in [6, 6.07) is 10.0. The molecular weight excluding hydrogens is 228 g/mol. The molecule has 0 saturated carbocycles. The maximum atomic E-state index is 5.40. The molecular formula is C13H22N4O. The number of rotatable bonds is 7. The van der Waals surface area contributed by atoms with Crippen LogP contribution in [0.5, 0.6) is 0 Å². The van der Waals surface area contributed by atoms with Crippen molar-refractivity contribution in [2.24, 2.45) is 10.8 Å². The number of nitrogens with one attached hydrogen (secondary N) is 2. The van der Waals surface area contributed by atoms with E-state index in [2.05, 4.69) is 15.7 Å². The van der Waals surface area contributed by atoms with E-state index in [-0.39, 0.29) is 0 Å². The van der Waals surface area contributed by atoms with Crippen LogP contribution in [0.2, 0.25) is 0 Å². The van der Waals surface area contributed by atoms with E-state index in [4.69, 9.17) is 10.6 Å². The maximum Gasteiger partial charge on any atom is 0.206 e. The molecule has 0 amide bonds. The number of hydrogen-bond donors (Lipinski definition) is 3. The van der Waals surface area contributed by atoms with Crippen LogP contribution in [0.25, 0.3) is 0 Å². The summed E-state index contributed by atoms with van der Waals surface area (Å²) in [6.45, 7) is 4.89. The first-order chi connectivity index (χ1) is 8.86. The molecule has 0 fully saturated rings. The highest BCUT2D eigenvalue weighted by molar-refractivity contribution is 5.79. The van der Waals surface area contributed by atoms with Crippen molar-refractivity contribution in [2.75, 3.05) is 19.8 Å². The average molecular weight is 250 g/mol. The quantitative estimate of drug-likeness (QED) is 0.222. The first kappa shape index (κ1) is 14.5. The Labute approximate surface area is 108 Å². The smallest absolute Gasteiger partial charge is 0.206 e. The summed E-state index contributed by atoms with van der Waals surface area (Å²) in [5.74, 6) is 6.01. The second-order valence-electron chi connectivity index (χ2n) is 3.77. The molecule has 18 heavy (non-hydrogen) atoms. The number of ether oxygens (including phenoxy) is 1. The highest BCUT2D eigenvalue weighted by atomic mass is 16.5. The lowest BCUT2D eigenvalue weighted by Gasteiger charge is -2.09. The fraction of sp³-hybridized carbons (Fsp3) is 0.462. The van der Waals surface area contributed by atoms with E-state index in [1.54, 1.807) is 0 Å². The van der Waals surface area contributed by atoms with Crippen LogP contribution in [0, 0.1) is 0 Å². The van der Waals surface area contributed by atoms with E-state index in [9.17, 15) is 0 Å². The zero-order chi connectivity index (χ0) is 13.1. The third-order valence-electron chi connectivity index (χ3n) is 2.36. The molecule has 0 aromatic heterocycles. The van der Waals surface area contributed by atoms with Crippen LogP contribution in [0.15, 0.2) is 35.3 Å². The average Bonchev–Trinajstić information content (AvgIpc) is 2.43. The van der Waals surface area contributed by atoms with Gasteiger partial charge in [-0.1, -0.05) is 30.3 Å². The van der Waals surface area contributed by atoms with E-state index >= 15 is 0 Å². The van der Waals surface area contributed by atoms with Gasteiger partial charge in [-0.05, 0) is 18.9 Å². The van der Waals surface area contributed by atoms with Gasteiger partial charge < -0.3 is 10.1 Å². The van der Waals surface area contributed by atoms with Crippen LogP contribution in [-0.2, 0) is 11.3 Å². The molecule has 4 N–H and O–H groups in total. The zero-order valence-electron chi connectivity index (χ0n) is 10.9. The molecule has 0 saturated heterocycles. The Hall–Kier alpha value is -1.59. The van der Waals surface area contributed by atoms with Crippen molar-refractivity contribution in [2.45, 2.75) is 19.9 Å². The summed E-state index contributed by atoms with van der Waals surface area (Å²) >= 11 is 0. The fourth-order valence-electron chi connectivity index (χ4n) is 1.43. The van der Waals surface area contributed by atoms with E-state index in [0.29, 0.717) is 12.5 Å². The molecule has 5 nitrogen and oxygen atoms in total. The van der Waals surface area contributed by atoms with Crippen LogP contribution in [0.1, 0.15) is 18.9 Å². The third-order valence-corrected chi connectivity index (χ3v) is 2.36. The summed E-state index contributed by atoms with van der Waals surface area (Å²) in [4.78, 5) is 4.36. The number of aliphatic imine (C=N–C) groups is 1. The van der Waals surface area contributed by atoms with E-state index in [1.807, 2.05) is 37.3 Å². The van der Waals surface area contributed by atoms with Crippen LogP contribution in [0.4, 0.5) is 0 Å². The van der Waals surface area contributed by atoms with Gasteiger partial charge in [0.1, 0.15) is 0 Å². The molecule has 0 heterocycles.